The Kier molecular flexibility index (Phi) is 9.72. The van der Waals surface area contributed by atoms with Gasteiger partial charge in [-0.15, -0.1) is 0 Å². The zero-order chi connectivity index (χ0) is 22.9. The molecule has 176 valence electrons. The van der Waals surface area contributed by atoms with Crippen molar-refractivity contribution in [3.8, 4) is 5.75 Å². The second-order valence-electron chi connectivity index (χ2n) is 7.42. The van der Waals surface area contributed by atoms with E-state index in [9.17, 15) is 18.0 Å². The third-order valence-corrected chi connectivity index (χ3v) is 6.10. The summed E-state index contributed by atoms with van der Waals surface area (Å²) in [5.41, 5.74) is 5.67. The molecule has 0 saturated carbocycles. The second-order valence-corrected chi connectivity index (χ2v) is 9.30. The molecule has 31 heavy (non-hydrogen) atoms. The van der Waals surface area contributed by atoms with Gasteiger partial charge in [0.1, 0.15) is 0 Å². The second kappa shape index (κ2) is 12.0. The lowest BCUT2D eigenvalue weighted by Gasteiger charge is -2.26. The van der Waals surface area contributed by atoms with Crippen molar-refractivity contribution in [1.29, 1.82) is 0 Å². The predicted molar refractivity (Wildman–Crippen MR) is 113 cm³/mol. The number of anilines is 1. The van der Waals surface area contributed by atoms with E-state index in [4.69, 9.17) is 19.7 Å². The predicted octanol–water partition coefficient (Wildman–Crippen LogP) is 1.53. The van der Waals surface area contributed by atoms with E-state index in [1.165, 1.54) is 0 Å². The largest absolute Gasteiger partial charge is 0.486 e. The Morgan fingerprint density at radius 3 is 2.58 bits per heavy atom. The molecule has 12 heteroatoms. The topological polar surface area (TPSA) is 154 Å². The van der Waals surface area contributed by atoms with Crippen LogP contribution in [0.3, 0.4) is 0 Å². The molecule has 1 saturated heterocycles. The van der Waals surface area contributed by atoms with Crippen LogP contribution in [0.5, 0.6) is 5.75 Å². The number of rotatable bonds is 12. The number of nitrogens with one attached hydrogen (secondary N) is 1. The lowest BCUT2D eigenvalue weighted by molar-refractivity contribution is -0.138. The normalized spacial score (nSPS) is 15.5. The van der Waals surface area contributed by atoms with E-state index < -0.39 is 34.5 Å². The van der Waals surface area contributed by atoms with Gasteiger partial charge in [0.25, 0.3) is 5.76 Å². The summed E-state index contributed by atoms with van der Waals surface area (Å²) >= 11 is 0. The molecule has 1 aromatic heterocycles. The molecule has 0 aliphatic carbocycles. The van der Waals surface area contributed by atoms with Crippen LogP contribution >= 0.6 is 0 Å². The molecular weight excluding hydrogens is 428 g/mol. The molecular formula is C19H32N4O7S. The molecule has 1 fully saturated rings. The lowest BCUT2D eigenvalue weighted by Crippen LogP contribution is -2.44. The molecule has 0 spiro atoms. The zero-order valence-electron chi connectivity index (χ0n) is 18.1. The molecule has 11 nitrogen and oxygen atoms in total. The van der Waals surface area contributed by atoms with Crippen LogP contribution < -0.4 is 20.1 Å². The molecule has 1 aromatic rings. The molecule has 0 unspecified atom stereocenters. The first-order valence-corrected chi connectivity index (χ1v) is 12.3. The highest BCUT2D eigenvalue weighted by molar-refractivity contribution is 7.89. The fourth-order valence-electron chi connectivity index (χ4n) is 3.08. The van der Waals surface area contributed by atoms with Gasteiger partial charge in [0.05, 0.1) is 24.9 Å². The molecule has 1 aliphatic rings. The molecule has 0 amide bonds. The number of aromatic nitrogens is 1. The maximum atomic E-state index is 12.5. The number of hydrogen-bond donors (Lipinski definition) is 2. The number of nitrogens with two attached hydrogens (primary N) is 1. The fraction of sp³-hybridized carbons (Fsp3) is 0.737. The maximum Gasteiger partial charge on any atom is 0.388 e. The summed E-state index contributed by atoms with van der Waals surface area (Å²) < 4.78 is 41.6. The first-order valence-electron chi connectivity index (χ1n) is 10.6. The molecule has 1 atom stereocenters. The third-order valence-electron chi connectivity index (χ3n) is 4.61. The van der Waals surface area contributed by atoms with Gasteiger partial charge in [0.15, 0.2) is 0 Å². The van der Waals surface area contributed by atoms with Gasteiger partial charge in [-0.2, -0.15) is 4.72 Å². The Morgan fingerprint density at radius 2 is 1.94 bits per heavy atom. The highest BCUT2D eigenvalue weighted by Crippen LogP contribution is 2.34. The summed E-state index contributed by atoms with van der Waals surface area (Å²) in [4.78, 5) is 26.6. The standard InChI is InChI=1S/C19H32N4O7S/c1-3-5-12-31(26,27)22-14(20)13-15(24)29-19(25)17-16(28-11-4-2)18(21-30-17)23-9-7-6-8-10-23/h14,22H,3-13,20H2,1-2H3/t14-/m0/s1. The maximum absolute atomic E-state index is 12.5. The Morgan fingerprint density at radius 1 is 1.23 bits per heavy atom. The first kappa shape index (κ1) is 25.1. The smallest absolute Gasteiger partial charge is 0.388 e. The number of carbonyl (C=O) groups is 2. The minimum absolute atomic E-state index is 0.0966. The highest BCUT2D eigenvalue weighted by Gasteiger charge is 2.31. The van der Waals surface area contributed by atoms with E-state index >= 15 is 0 Å². The highest BCUT2D eigenvalue weighted by atomic mass is 32.2. The summed E-state index contributed by atoms with van der Waals surface area (Å²) in [5.74, 6) is -1.90. The van der Waals surface area contributed by atoms with E-state index in [1.807, 2.05) is 18.7 Å². The van der Waals surface area contributed by atoms with Crippen molar-refractivity contribution >= 4 is 27.8 Å². The SMILES string of the molecule is CCCCS(=O)(=O)N[C@H](N)CC(=O)OC(=O)c1onc(N2CCCCC2)c1OCCC. The molecule has 0 aromatic carbocycles. The Hall–Kier alpha value is -2.18. The van der Waals surface area contributed by atoms with Gasteiger partial charge in [0.2, 0.25) is 21.6 Å². The first-order chi connectivity index (χ1) is 14.8. The molecule has 2 rings (SSSR count). The Bertz CT molecular complexity index is 834. The summed E-state index contributed by atoms with van der Waals surface area (Å²) in [5, 5.41) is 3.96. The van der Waals surface area contributed by atoms with Crippen LogP contribution in [0.2, 0.25) is 0 Å². The van der Waals surface area contributed by atoms with E-state index in [0.29, 0.717) is 31.7 Å². The minimum atomic E-state index is -3.62. The van der Waals surface area contributed by atoms with E-state index in [-0.39, 0.29) is 17.3 Å². The summed E-state index contributed by atoms with van der Waals surface area (Å²) in [6, 6.07) is 0. The Balaban J connectivity index is 2.01. The van der Waals surface area contributed by atoms with Gasteiger partial charge in [-0.3, -0.25) is 4.79 Å². The average Bonchev–Trinajstić information content (AvgIpc) is 3.14. The van der Waals surface area contributed by atoms with Crippen molar-refractivity contribution in [3.05, 3.63) is 5.76 Å². The number of ether oxygens (including phenoxy) is 2. The number of piperidine rings is 1. The van der Waals surface area contributed by atoms with Gasteiger partial charge in [0, 0.05) is 13.1 Å². The van der Waals surface area contributed by atoms with Crippen molar-refractivity contribution in [1.82, 2.24) is 9.88 Å². The van der Waals surface area contributed by atoms with Crippen LogP contribution in [0.25, 0.3) is 0 Å². The van der Waals surface area contributed by atoms with Crippen LogP contribution in [0.4, 0.5) is 5.82 Å². The third kappa shape index (κ3) is 7.78. The van der Waals surface area contributed by atoms with Gasteiger partial charge in [-0.1, -0.05) is 25.4 Å². The lowest BCUT2D eigenvalue weighted by atomic mass is 10.1. The number of carbonyl (C=O) groups excluding carboxylic acids is 2. The number of sulfonamides is 1. The van der Waals surface area contributed by atoms with Crippen LogP contribution in [0.1, 0.15) is 69.3 Å². The Labute approximate surface area is 182 Å². The monoisotopic (exact) mass is 460 g/mol. The van der Waals surface area contributed by atoms with Crippen LogP contribution in [-0.2, 0) is 19.6 Å². The van der Waals surface area contributed by atoms with Gasteiger partial charge in [-0.25, -0.2) is 13.2 Å². The van der Waals surface area contributed by atoms with Crippen LogP contribution in [-0.4, -0.2) is 57.1 Å². The van der Waals surface area contributed by atoms with Crippen molar-refractivity contribution in [2.24, 2.45) is 5.73 Å². The molecule has 0 bridgehead atoms. The summed E-state index contributed by atoms with van der Waals surface area (Å²) in [6.07, 6.45) is 3.24. The van der Waals surface area contributed by atoms with E-state index in [2.05, 4.69) is 9.88 Å². The fourth-order valence-corrected chi connectivity index (χ4v) is 4.41. The zero-order valence-corrected chi connectivity index (χ0v) is 18.9. The van der Waals surface area contributed by atoms with Crippen molar-refractivity contribution < 1.29 is 32.0 Å². The molecule has 3 N–H and O–H groups in total. The van der Waals surface area contributed by atoms with Crippen molar-refractivity contribution in [3.63, 3.8) is 0 Å². The van der Waals surface area contributed by atoms with Crippen molar-refractivity contribution in [2.75, 3.05) is 30.3 Å². The summed E-state index contributed by atoms with van der Waals surface area (Å²) in [7, 11) is -3.62. The number of hydrogen-bond acceptors (Lipinski definition) is 10. The molecule has 0 radical (unpaired) electrons. The van der Waals surface area contributed by atoms with E-state index in [1.54, 1.807) is 0 Å². The molecule has 2 heterocycles. The average molecular weight is 461 g/mol. The van der Waals surface area contributed by atoms with Gasteiger partial charge in [-0.05, 0) is 32.1 Å². The molecule has 1 aliphatic heterocycles. The van der Waals surface area contributed by atoms with Gasteiger partial charge < -0.3 is 24.6 Å². The van der Waals surface area contributed by atoms with E-state index in [0.717, 1.165) is 32.4 Å². The van der Waals surface area contributed by atoms with Crippen molar-refractivity contribution in [2.45, 2.75) is 65.0 Å². The summed E-state index contributed by atoms with van der Waals surface area (Å²) in [6.45, 7) is 5.63. The number of esters is 2. The minimum Gasteiger partial charge on any atom is -0.486 e. The quantitative estimate of drug-likeness (QED) is 0.266. The van der Waals surface area contributed by atoms with Crippen LogP contribution in [0, 0.1) is 0 Å². The van der Waals surface area contributed by atoms with Crippen LogP contribution in [0.15, 0.2) is 4.52 Å². The van der Waals surface area contributed by atoms with Gasteiger partial charge >= 0.3 is 11.9 Å². The number of unbranched alkanes of at least 4 members (excludes halogenated alkanes) is 1. The number of nitrogens with zero attached hydrogens (tertiary/aromatic N) is 2.